The van der Waals surface area contributed by atoms with Gasteiger partial charge in [0, 0.05) is 44.4 Å². The number of thioether (sulfide) groups is 1. The lowest BCUT2D eigenvalue weighted by Gasteiger charge is -2.29. The summed E-state index contributed by atoms with van der Waals surface area (Å²) in [5.41, 5.74) is 2.56. The predicted molar refractivity (Wildman–Crippen MR) is 129 cm³/mol. The van der Waals surface area contributed by atoms with Crippen LogP contribution in [0.1, 0.15) is 49.7 Å². The first-order chi connectivity index (χ1) is 13.2. The van der Waals surface area contributed by atoms with E-state index in [-0.39, 0.29) is 29.9 Å². The molecular weight excluding hydrogens is 483 g/mol. The molecule has 1 aromatic carbocycles. The van der Waals surface area contributed by atoms with Crippen molar-refractivity contribution < 1.29 is 4.79 Å². The lowest BCUT2D eigenvalue weighted by Crippen LogP contribution is -2.46. The van der Waals surface area contributed by atoms with E-state index < -0.39 is 0 Å². The monoisotopic (exact) mass is 516 g/mol. The number of nitrogens with one attached hydrogen (secondary N) is 2. The molecule has 1 saturated carbocycles. The number of benzene rings is 1. The van der Waals surface area contributed by atoms with Crippen LogP contribution in [0.3, 0.4) is 0 Å². The number of aliphatic imine (C=N–C) groups is 1. The molecule has 1 aliphatic carbocycles. The molecule has 2 aliphatic rings. The van der Waals surface area contributed by atoms with Gasteiger partial charge in [0.05, 0.1) is 0 Å². The Kier molecular flexibility index (Phi) is 9.91. The van der Waals surface area contributed by atoms with Gasteiger partial charge in [0.1, 0.15) is 0 Å². The maximum atomic E-state index is 12.5. The Labute approximate surface area is 190 Å². The standard InChI is InChI=1S/C21H32N4OS.HI/c1-22-21(24-18-9-5-10-19(13-18)27-2)23-12-6-11-20(26)25-14-16-7-3-4-8-17(16)15-25;/h3-4,7-8,18-19H,5-6,9-15H2,1-2H3,(H2,22,23,24);1H. The van der Waals surface area contributed by atoms with Crippen LogP contribution in [0.15, 0.2) is 29.3 Å². The Morgan fingerprint density at radius 3 is 2.61 bits per heavy atom. The van der Waals surface area contributed by atoms with Gasteiger partial charge in [0.25, 0.3) is 0 Å². The first-order valence-electron chi connectivity index (χ1n) is 10.0. The Balaban J connectivity index is 0.00000280. The second-order valence-electron chi connectivity index (χ2n) is 7.49. The van der Waals surface area contributed by atoms with Crippen LogP contribution < -0.4 is 10.6 Å². The van der Waals surface area contributed by atoms with Crippen LogP contribution in [0.25, 0.3) is 0 Å². The largest absolute Gasteiger partial charge is 0.356 e. The van der Waals surface area contributed by atoms with Crippen molar-refractivity contribution in [1.29, 1.82) is 0 Å². The van der Waals surface area contributed by atoms with Crippen molar-refractivity contribution in [3.63, 3.8) is 0 Å². The van der Waals surface area contributed by atoms with Gasteiger partial charge in [0.15, 0.2) is 5.96 Å². The number of halogens is 1. The average Bonchev–Trinajstić information content (AvgIpc) is 3.14. The molecule has 2 N–H and O–H groups in total. The molecule has 7 heteroatoms. The summed E-state index contributed by atoms with van der Waals surface area (Å²) in [7, 11) is 1.82. The molecule has 1 aliphatic heterocycles. The second-order valence-corrected chi connectivity index (χ2v) is 8.62. The third-order valence-corrected chi connectivity index (χ3v) is 6.67. The Bertz CT molecular complexity index is 645. The molecule has 156 valence electrons. The van der Waals surface area contributed by atoms with E-state index in [4.69, 9.17) is 0 Å². The molecule has 0 bridgehead atoms. The van der Waals surface area contributed by atoms with Crippen LogP contribution in [0.4, 0.5) is 0 Å². The zero-order valence-corrected chi connectivity index (χ0v) is 20.1. The zero-order chi connectivity index (χ0) is 19.1. The lowest BCUT2D eigenvalue weighted by atomic mass is 9.95. The minimum Gasteiger partial charge on any atom is -0.356 e. The molecule has 0 saturated heterocycles. The summed E-state index contributed by atoms with van der Waals surface area (Å²) in [4.78, 5) is 18.8. The summed E-state index contributed by atoms with van der Waals surface area (Å²) < 4.78 is 0. The molecule has 0 aromatic heterocycles. The van der Waals surface area contributed by atoms with Gasteiger partial charge in [0.2, 0.25) is 5.91 Å². The van der Waals surface area contributed by atoms with Gasteiger partial charge < -0.3 is 15.5 Å². The van der Waals surface area contributed by atoms with E-state index in [1.54, 1.807) is 0 Å². The minimum atomic E-state index is 0. The Hall–Kier alpha value is -0.960. The molecule has 1 fully saturated rings. The van der Waals surface area contributed by atoms with Crippen molar-refractivity contribution in [2.45, 2.75) is 62.9 Å². The van der Waals surface area contributed by atoms with E-state index in [0.29, 0.717) is 12.5 Å². The lowest BCUT2D eigenvalue weighted by molar-refractivity contribution is -0.131. The van der Waals surface area contributed by atoms with E-state index in [1.165, 1.54) is 36.8 Å². The molecule has 0 radical (unpaired) electrons. The van der Waals surface area contributed by atoms with Crippen LogP contribution in [0.5, 0.6) is 0 Å². The number of hydrogen-bond acceptors (Lipinski definition) is 3. The average molecular weight is 516 g/mol. The Morgan fingerprint density at radius 2 is 1.96 bits per heavy atom. The topological polar surface area (TPSA) is 56.7 Å². The highest BCUT2D eigenvalue weighted by Gasteiger charge is 2.23. The van der Waals surface area contributed by atoms with E-state index >= 15 is 0 Å². The molecule has 0 spiro atoms. The first-order valence-corrected chi connectivity index (χ1v) is 11.3. The zero-order valence-electron chi connectivity index (χ0n) is 16.9. The molecule has 3 rings (SSSR count). The van der Waals surface area contributed by atoms with Gasteiger partial charge in [-0.2, -0.15) is 11.8 Å². The van der Waals surface area contributed by atoms with E-state index in [1.807, 2.05) is 35.8 Å². The molecule has 2 atom stereocenters. The number of amides is 1. The van der Waals surface area contributed by atoms with Gasteiger partial charge in [-0.25, -0.2) is 0 Å². The number of fused-ring (bicyclic) bond motifs is 1. The van der Waals surface area contributed by atoms with Gasteiger partial charge >= 0.3 is 0 Å². The summed E-state index contributed by atoms with van der Waals surface area (Å²) in [6, 6.07) is 8.83. The van der Waals surface area contributed by atoms with Crippen LogP contribution >= 0.6 is 35.7 Å². The van der Waals surface area contributed by atoms with Crippen LogP contribution in [-0.2, 0) is 17.9 Å². The molecule has 1 amide bonds. The van der Waals surface area contributed by atoms with E-state index in [0.717, 1.165) is 37.3 Å². The van der Waals surface area contributed by atoms with Crippen LogP contribution in [-0.4, -0.2) is 47.9 Å². The summed E-state index contributed by atoms with van der Waals surface area (Å²) in [6.45, 7) is 2.28. The number of carbonyl (C=O) groups excluding carboxylic acids is 1. The van der Waals surface area contributed by atoms with Crippen molar-refractivity contribution in [3.8, 4) is 0 Å². The number of nitrogens with zero attached hydrogens (tertiary/aromatic N) is 2. The third kappa shape index (κ3) is 6.54. The molecule has 5 nitrogen and oxygen atoms in total. The van der Waals surface area contributed by atoms with Crippen molar-refractivity contribution >= 4 is 47.6 Å². The number of guanidine groups is 1. The molecule has 28 heavy (non-hydrogen) atoms. The fraction of sp³-hybridized carbons (Fsp3) is 0.619. The number of hydrogen-bond donors (Lipinski definition) is 2. The fourth-order valence-electron chi connectivity index (χ4n) is 3.99. The third-order valence-electron chi connectivity index (χ3n) is 5.58. The summed E-state index contributed by atoms with van der Waals surface area (Å²) in [5.74, 6) is 1.11. The van der Waals surface area contributed by atoms with Crippen molar-refractivity contribution in [2.75, 3.05) is 19.8 Å². The quantitative estimate of drug-likeness (QED) is 0.262. The Morgan fingerprint density at radius 1 is 1.25 bits per heavy atom. The molecule has 1 aromatic rings. The fourth-order valence-corrected chi connectivity index (χ4v) is 4.82. The first kappa shape index (κ1) is 23.3. The molecule has 1 heterocycles. The van der Waals surface area contributed by atoms with E-state index in [9.17, 15) is 4.79 Å². The van der Waals surface area contributed by atoms with Crippen LogP contribution in [0, 0.1) is 0 Å². The highest BCUT2D eigenvalue weighted by molar-refractivity contribution is 14.0. The number of rotatable bonds is 6. The normalized spacial score (nSPS) is 21.6. The highest BCUT2D eigenvalue weighted by Crippen LogP contribution is 2.27. The predicted octanol–water partition coefficient (Wildman–Crippen LogP) is 3.77. The minimum absolute atomic E-state index is 0. The van der Waals surface area contributed by atoms with Crippen molar-refractivity contribution in [2.24, 2.45) is 4.99 Å². The highest BCUT2D eigenvalue weighted by atomic mass is 127. The maximum Gasteiger partial charge on any atom is 0.223 e. The van der Waals surface area contributed by atoms with Crippen molar-refractivity contribution in [1.82, 2.24) is 15.5 Å². The summed E-state index contributed by atoms with van der Waals surface area (Å²) >= 11 is 1.97. The van der Waals surface area contributed by atoms with E-state index in [2.05, 4.69) is 34.0 Å². The summed E-state index contributed by atoms with van der Waals surface area (Å²) in [5, 5.41) is 7.69. The number of carbonyl (C=O) groups is 1. The van der Waals surface area contributed by atoms with Crippen LogP contribution in [0.2, 0.25) is 0 Å². The van der Waals surface area contributed by atoms with Gasteiger partial charge in [-0.05, 0) is 43.1 Å². The van der Waals surface area contributed by atoms with Crippen molar-refractivity contribution in [3.05, 3.63) is 35.4 Å². The smallest absolute Gasteiger partial charge is 0.223 e. The van der Waals surface area contributed by atoms with Gasteiger partial charge in [-0.1, -0.05) is 30.7 Å². The SMILES string of the molecule is CN=C(NCCCC(=O)N1Cc2ccccc2C1)NC1CCCC(SC)C1.I. The molecular formula is C21H33IN4OS. The maximum absolute atomic E-state index is 12.5. The summed E-state index contributed by atoms with van der Waals surface area (Å²) in [6.07, 6.45) is 8.64. The second kappa shape index (κ2) is 11.9. The molecule has 2 unspecified atom stereocenters. The van der Waals surface area contributed by atoms with Gasteiger partial charge in [-0.15, -0.1) is 24.0 Å². The van der Waals surface area contributed by atoms with Gasteiger partial charge in [-0.3, -0.25) is 9.79 Å².